The second-order valence-corrected chi connectivity index (χ2v) is 5.39. The van der Waals surface area contributed by atoms with Crippen molar-refractivity contribution in [2.45, 2.75) is 6.42 Å². The molecule has 6 heteroatoms. The van der Waals surface area contributed by atoms with Crippen LogP contribution in [0.4, 0.5) is 4.79 Å². The predicted molar refractivity (Wildman–Crippen MR) is 85.2 cm³/mol. The molecule has 0 aromatic heterocycles. The average molecular weight is 307 g/mol. The summed E-state index contributed by atoms with van der Waals surface area (Å²) in [5.41, 5.74) is 1.15. The molecule has 0 atom stereocenters. The first-order valence-electron chi connectivity index (χ1n) is 7.72. The van der Waals surface area contributed by atoms with E-state index in [0.29, 0.717) is 26.2 Å². The Balaban J connectivity index is 1.69. The summed E-state index contributed by atoms with van der Waals surface area (Å²) in [6.45, 7) is 4.55. The highest BCUT2D eigenvalue weighted by molar-refractivity contribution is 5.74. The molecule has 1 heterocycles. The molecule has 0 aliphatic carbocycles. The van der Waals surface area contributed by atoms with Crippen LogP contribution < -0.4 is 10.1 Å². The Morgan fingerprint density at radius 1 is 1.32 bits per heavy atom. The maximum atomic E-state index is 12.1. The van der Waals surface area contributed by atoms with E-state index >= 15 is 0 Å². The van der Waals surface area contributed by atoms with Crippen molar-refractivity contribution in [2.75, 3.05) is 53.0 Å². The molecule has 2 N–H and O–H groups in total. The topological polar surface area (TPSA) is 65.0 Å². The molecule has 22 heavy (non-hydrogen) atoms. The van der Waals surface area contributed by atoms with E-state index in [-0.39, 0.29) is 12.6 Å². The van der Waals surface area contributed by atoms with Gasteiger partial charge in [-0.15, -0.1) is 0 Å². The van der Waals surface area contributed by atoms with Gasteiger partial charge >= 0.3 is 6.03 Å². The average Bonchev–Trinajstić information content (AvgIpc) is 2.56. The smallest absolute Gasteiger partial charge is 0.317 e. The van der Waals surface area contributed by atoms with Crippen molar-refractivity contribution in [3.05, 3.63) is 29.8 Å². The number of amides is 2. The van der Waals surface area contributed by atoms with Crippen LogP contribution in [-0.2, 0) is 6.42 Å². The lowest BCUT2D eigenvalue weighted by atomic mass is 10.1. The van der Waals surface area contributed by atoms with Crippen LogP contribution in [0.3, 0.4) is 0 Å². The number of piperazine rings is 1. The van der Waals surface area contributed by atoms with E-state index in [1.165, 1.54) is 0 Å². The third kappa shape index (κ3) is 4.89. The van der Waals surface area contributed by atoms with Crippen molar-refractivity contribution in [1.29, 1.82) is 0 Å². The number of carbonyl (C=O) groups is 1. The zero-order valence-corrected chi connectivity index (χ0v) is 13.1. The molecular weight excluding hydrogens is 282 g/mol. The quantitative estimate of drug-likeness (QED) is 0.806. The van der Waals surface area contributed by atoms with Crippen molar-refractivity contribution in [3.63, 3.8) is 0 Å². The number of urea groups is 1. The fourth-order valence-corrected chi connectivity index (χ4v) is 2.57. The summed E-state index contributed by atoms with van der Waals surface area (Å²) in [6.07, 6.45) is 0.785. The van der Waals surface area contributed by atoms with Crippen LogP contribution >= 0.6 is 0 Å². The lowest BCUT2D eigenvalue weighted by Gasteiger charge is -2.34. The molecule has 1 aromatic rings. The highest BCUT2D eigenvalue weighted by Crippen LogP contribution is 2.12. The van der Waals surface area contributed by atoms with Crippen LogP contribution in [0, 0.1) is 0 Å². The highest BCUT2D eigenvalue weighted by Gasteiger charge is 2.20. The zero-order chi connectivity index (χ0) is 15.8. The van der Waals surface area contributed by atoms with Crippen LogP contribution in [0.15, 0.2) is 24.3 Å². The number of nitrogens with zero attached hydrogens (tertiary/aromatic N) is 2. The molecule has 0 bridgehead atoms. The second kappa shape index (κ2) is 8.60. The molecule has 0 unspecified atom stereocenters. The van der Waals surface area contributed by atoms with Crippen molar-refractivity contribution in [3.8, 4) is 5.75 Å². The third-order valence-electron chi connectivity index (χ3n) is 3.90. The summed E-state index contributed by atoms with van der Waals surface area (Å²) >= 11 is 0. The van der Waals surface area contributed by atoms with Crippen LogP contribution in [0.2, 0.25) is 0 Å². The second-order valence-electron chi connectivity index (χ2n) is 5.39. The van der Waals surface area contributed by atoms with Gasteiger partial charge in [-0.25, -0.2) is 4.79 Å². The number of hydrogen-bond donors (Lipinski definition) is 2. The summed E-state index contributed by atoms with van der Waals surface area (Å²) < 4.78 is 5.19. The number of rotatable bonds is 6. The number of hydrogen-bond acceptors (Lipinski definition) is 4. The van der Waals surface area contributed by atoms with Crippen molar-refractivity contribution in [1.82, 2.24) is 15.1 Å². The summed E-state index contributed by atoms with van der Waals surface area (Å²) in [5, 5.41) is 11.9. The largest absolute Gasteiger partial charge is 0.497 e. The maximum Gasteiger partial charge on any atom is 0.317 e. The summed E-state index contributed by atoms with van der Waals surface area (Å²) in [4.78, 5) is 16.1. The minimum atomic E-state index is -0.00783. The van der Waals surface area contributed by atoms with Crippen molar-refractivity contribution < 1.29 is 14.6 Å². The van der Waals surface area contributed by atoms with Crippen molar-refractivity contribution in [2.24, 2.45) is 0 Å². The van der Waals surface area contributed by atoms with Gasteiger partial charge in [-0.05, 0) is 24.1 Å². The highest BCUT2D eigenvalue weighted by atomic mass is 16.5. The molecule has 0 radical (unpaired) electrons. The molecular formula is C16H25N3O3. The molecule has 1 fully saturated rings. The zero-order valence-electron chi connectivity index (χ0n) is 13.1. The lowest BCUT2D eigenvalue weighted by molar-refractivity contribution is 0.122. The predicted octanol–water partition coefficient (Wildman–Crippen LogP) is 0.557. The van der Waals surface area contributed by atoms with E-state index in [2.05, 4.69) is 10.2 Å². The first-order valence-corrected chi connectivity index (χ1v) is 7.72. The molecule has 1 aromatic carbocycles. The van der Waals surface area contributed by atoms with Gasteiger partial charge in [0.15, 0.2) is 0 Å². The van der Waals surface area contributed by atoms with Gasteiger partial charge in [-0.1, -0.05) is 12.1 Å². The number of carbonyl (C=O) groups excluding carboxylic acids is 1. The molecule has 1 saturated heterocycles. The Hall–Kier alpha value is -1.79. The molecule has 2 amide bonds. The number of aliphatic hydroxyl groups excluding tert-OH is 1. The van der Waals surface area contributed by atoms with Gasteiger partial charge in [0.2, 0.25) is 0 Å². The fourth-order valence-electron chi connectivity index (χ4n) is 2.57. The number of β-amino-alcohol motifs (C(OH)–C–C–N with tert-alkyl or cyclic N) is 1. The number of nitrogens with one attached hydrogen (secondary N) is 1. The van der Waals surface area contributed by atoms with E-state index in [1.807, 2.05) is 29.2 Å². The van der Waals surface area contributed by atoms with Gasteiger partial charge in [0, 0.05) is 39.3 Å². The summed E-state index contributed by atoms with van der Waals surface area (Å²) in [6, 6.07) is 7.87. The molecule has 0 saturated carbocycles. The minimum absolute atomic E-state index is 0.00783. The number of methoxy groups -OCH3 is 1. The van der Waals surface area contributed by atoms with E-state index in [4.69, 9.17) is 9.84 Å². The van der Waals surface area contributed by atoms with Crippen LogP contribution in [0.1, 0.15) is 5.56 Å². The van der Waals surface area contributed by atoms with E-state index in [1.54, 1.807) is 7.11 Å². The number of ether oxygens (including phenoxy) is 1. The Kier molecular flexibility index (Phi) is 6.48. The third-order valence-corrected chi connectivity index (χ3v) is 3.90. The minimum Gasteiger partial charge on any atom is -0.497 e. The SMILES string of the molecule is COc1cccc(CCNC(=O)N2CCN(CCO)CC2)c1. The molecule has 0 spiro atoms. The van der Waals surface area contributed by atoms with Gasteiger partial charge in [0.05, 0.1) is 13.7 Å². The fraction of sp³-hybridized carbons (Fsp3) is 0.562. The van der Waals surface area contributed by atoms with Gasteiger partial charge < -0.3 is 20.1 Å². The molecule has 122 valence electrons. The van der Waals surface area contributed by atoms with Gasteiger partial charge in [0.1, 0.15) is 5.75 Å². The first-order chi connectivity index (χ1) is 10.7. The van der Waals surface area contributed by atoms with E-state index < -0.39 is 0 Å². The molecule has 6 nitrogen and oxygen atoms in total. The van der Waals surface area contributed by atoms with Gasteiger partial charge in [-0.2, -0.15) is 0 Å². The van der Waals surface area contributed by atoms with Crippen LogP contribution in [0.25, 0.3) is 0 Å². The summed E-state index contributed by atoms with van der Waals surface area (Å²) in [7, 11) is 1.65. The van der Waals surface area contributed by atoms with Crippen LogP contribution in [-0.4, -0.2) is 73.9 Å². The Morgan fingerprint density at radius 2 is 2.09 bits per heavy atom. The number of benzene rings is 1. The van der Waals surface area contributed by atoms with Crippen molar-refractivity contribution >= 4 is 6.03 Å². The maximum absolute atomic E-state index is 12.1. The first kappa shape index (κ1) is 16.6. The monoisotopic (exact) mass is 307 g/mol. The number of aliphatic hydroxyl groups is 1. The Bertz CT molecular complexity index is 473. The Labute approximate surface area is 131 Å². The van der Waals surface area contributed by atoms with Gasteiger partial charge in [-0.3, -0.25) is 4.90 Å². The van der Waals surface area contributed by atoms with E-state index in [9.17, 15) is 4.79 Å². The lowest BCUT2D eigenvalue weighted by Crippen LogP contribution is -2.52. The summed E-state index contributed by atoms with van der Waals surface area (Å²) in [5.74, 6) is 0.837. The normalized spacial score (nSPS) is 15.6. The van der Waals surface area contributed by atoms with Gasteiger partial charge in [0.25, 0.3) is 0 Å². The van der Waals surface area contributed by atoms with Crippen LogP contribution in [0.5, 0.6) is 5.75 Å². The molecule has 1 aliphatic heterocycles. The standard InChI is InChI=1S/C16H25N3O3/c1-22-15-4-2-3-14(13-15)5-6-17-16(21)19-9-7-18(8-10-19)11-12-20/h2-4,13,20H,5-12H2,1H3,(H,17,21). The van der Waals surface area contributed by atoms with E-state index in [0.717, 1.165) is 30.8 Å². The molecule has 2 rings (SSSR count). The Morgan fingerprint density at radius 3 is 2.77 bits per heavy atom. The molecule has 1 aliphatic rings.